The Bertz CT molecular complexity index is 637. The zero-order chi connectivity index (χ0) is 13.0. The zero-order valence-corrected chi connectivity index (χ0v) is 10.1. The number of benzene rings is 1. The van der Waals surface area contributed by atoms with Crippen molar-refractivity contribution in [2.75, 3.05) is 0 Å². The molecule has 92 valence electrons. The Morgan fingerprint density at radius 2 is 1.94 bits per heavy atom. The molecule has 6 heteroatoms. The summed E-state index contributed by atoms with van der Waals surface area (Å²) in [6.07, 6.45) is 1.73. The Labute approximate surface area is 108 Å². The number of halogens is 1. The molecule has 5 nitrogen and oxygen atoms in total. The molecule has 1 aromatic carbocycles. The van der Waals surface area contributed by atoms with E-state index in [0.29, 0.717) is 11.6 Å². The van der Waals surface area contributed by atoms with Crippen LogP contribution in [0.5, 0.6) is 0 Å². The number of nitrogens with zero attached hydrogens (tertiary/aromatic N) is 3. The molecule has 0 aliphatic rings. The second-order valence-electron chi connectivity index (χ2n) is 3.62. The van der Waals surface area contributed by atoms with Gasteiger partial charge in [0.05, 0.1) is 11.6 Å². The monoisotopic (exact) mass is 263 g/mol. The normalized spacial score (nSPS) is 11.5. The van der Waals surface area contributed by atoms with Crippen molar-refractivity contribution in [2.45, 2.75) is 6.54 Å². The molecule has 0 aliphatic carbocycles. The van der Waals surface area contributed by atoms with Gasteiger partial charge < -0.3 is 4.57 Å². The molecule has 0 unspecified atom stereocenters. The number of nitro groups is 1. The predicted molar refractivity (Wildman–Crippen MR) is 67.5 cm³/mol. The average molecular weight is 264 g/mol. The van der Waals surface area contributed by atoms with Crippen LogP contribution in [0.25, 0.3) is 0 Å². The van der Waals surface area contributed by atoms with Gasteiger partial charge in [-0.15, -0.1) is 0 Å². The maximum atomic E-state index is 10.4. The summed E-state index contributed by atoms with van der Waals surface area (Å²) in [6.45, 7) is 0.438. The van der Waals surface area contributed by atoms with Crippen LogP contribution in [-0.2, 0) is 6.54 Å². The van der Waals surface area contributed by atoms with Crippen molar-refractivity contribution in [2.24, 2.45) is 5.10 Å². The molecule has 1 heterocycles. The molecule has 2 rings (SSSR count). The van der Waals surface area contributed by atoms with Crippen LogP contribution in [0.1, 0.15) is 5.56 Å². The van der Waals surface area contributed by atoms with Gasteiger partial charge in [0.15, 0.2) is 5.03 Å². The average Bonchev–Trinajstić information content (AvgIpc) is 2.34. The van der Waals surface area contributed by atoms with Gasteiger partial charge in [0.1, 0.15) is 0 Å². The molecule has 1 aromatic heterocycles. The van der Waals surface area contributed by atoms with Crippen LogP contribution in [0.3, 0.4) is 0 Å². The molecule has 0 radical (unpaired) electrons. The lowest BCUT2D eigenvalue weighted by Gasteiger charge is -2.07. The fourth-order valence-electron chi connectivity index (χ4n) is 1.59. The lowest BCUT2D eigenvalue weighted by atomic mass is 10.2. The largest absolute Gasteiger partial charge is 0.323 e. The first-order valence-corrected chi connectivity index (χ1v) is 5.62. The van der Waals surface area contributed by atoms with Crippen molar-refractivity contribution in [3.05, 3.63) is 74.8 Å². The van der Waals surface area contributed by atoms with Gasteiger partial charge in [-0.2, -0.15) is 0 Å². The second kappa shape index (κ2) is 5.46. The van der Waals surface area contributed by atoms with Gasteiger partial charge in [-0.05, 0) is 23.8 Å². The van der Waals surface area contributed by atoms with Crippen molar-refractivity contribution >= 4 is 11.6 Å². The summed E-state index contributed by atoms with van der Waals surface area (Å²) in [4.78, 5) is 10.4. The highest BCUT2D eigenvalue weighted by Crippen LogP contribution is 2.15. The van der Waals surface area contributed by atoms with E-state index in [4.69, 9.17) is 11.6 Å². The van der Waals surface area contributed by atoms with E-state index in [0.717, 1.165) is 5.56 Å². The van der Waals surface area contributed by atoms with Crippen molar-refractivity contribution in [3.63, 3.8) is 0 Å². The summed E-state index contributed by atoms with van der Waals surface area (Å²) < 4.78 is 1.67. The molecule has 18 heavy (non-hydrogen) atoms. The molecule has 2 aromatic rings. The van der Waals surface area contributed by atoms with Gasteiger partial charge in [-0.1, -0.05) is 35.9 Å². The highest BCUT2D eigenvalue weighted by molar-refractivity contribution is 6.31. The van der Waals surface area contributed by atoms with E-state index in [9.17, 15) is 10.1 Å². The Balaban J connectivity index is 2.42. The molecular formula is C12H10ClN3O2. The van der Waals surface area contributed by atoms with Gasteiger partial charge in [0.25, 0.3) is 0 Å². The third kappa shape index (κ3) is 2.95. The van der Waals surface area contributed by atoms with Gasteiger partial charge in [0, 0.05) is 11.2 Å². The van der Waals surface area contributed by atoms with E-state index in [1.54, 1.807) is 35.0 Å². The standard InChI is InChI=1S/C12H10ClN3O2/c13-11-6-2-1-5-10(11)9-15-8-4-3-7-12(15)14-16(17)18/h1-8H,9H2. The quantitative estimate of drug-likeness (QED) is 0.630. The maximum absolute atomic E-state index is 10.4. The number of pyridine rings is 1. The molecule has 0 saturated carbocycles. The van der Waals surface area contributed by atoms with Crippen molar-refractivity contribution in [1.82, 2.24) is 4.57 Å². The van der Waals surface area contributed by atoms with Crippen LogP contribution in [0.2, 0.25) is 5.02 Å². The summed E-state index contributed by atoms with van der Waals surface area (Å²) in [6, 6.07) is 12.4. The molecular weight excluding hydrogens is 254 g/mol. The first-order chi connectivity index (χ1) is 8.66. The van der Waals surface area contributed by atoms with E-state index in [1.165, 1.54) is 0 Å². The number of hydrogen-bond donors (Lipinski definition) is 0. The smallest absolute Gasteiger partial charge is 0.207 e. The van der Waals surface area contributed by atoms with Crippen LogP contribution >= 0.6 is 11.6 Å². The first kappa shape index (κ1) is 12.3. The molecule has 0 spiro atoms. The van der Waals surface area contributed by atoms with Crippen LogP contribution in [0.15, 0.2) is 53.8 Å². The van der Waals surface area contributed by atoms with Crippen LogP contribution < -0.4 is 5.49 Å². The van der Waals surface area contributed by atoms with Gasteiger partial charge in [-0.3, -0.25) is 0 Å². The van der Waals surface area contributed by atoms with Gasteiger partial charge >= 0.3 is 0 Å². The fourth-order valence-corrected chi connectivity index (χ4v) is 1.78. The topological polar surface area (TPSA) is 60.4 Å². The lowest BCUT2D eigenvalue weighted by molar-refractivity contribution is -0.490. The van der Waals surface area contributed by atoms with Crippen LogP contribution in [-0.4, -0.2) is 9.60 Å². The third-order valence-corrected chi connectivity index (χ3v) is 2.77. The van der Waals surface area contributed by atoms with Gasteiger partial charge in [-0.25, -0.2) is 10.1 Å². The lowest BCUT2D eigenvalue weighted by Crippen LogP contribution is -2.21. The molecule has 0 saturated heterocycles. The Kier molecular flexibility index (Phi) is 3.74. The zero-order valence-electron chi connectivity index (χ0n) is 9.36. The second-order valence-corrected chi connectivity index (χ2v) is 4.02. The maximum Gasteiger partial charge on any atom is 0.207 e. The van der Waals surface area contributed by atoms with Crippen LogP contribution in [0.4, 0.5) is 0 Å². The Hall–Kier alpha value is -2.14. The summed E-state index contributed by atoms with van der Waals surface area (Å²) in [5, 5.41) is 13.7. The third-order valence-electron chi connectivity index (χ3n) is 2.40. The highest BCUT2D eigenvalue weighted by atomic mass is 35.5. The highest BCUT2D eigenvalue weighted by Gasteiger charge is 2.02. The van der Waals surface area contributed by atoms with E-state index < -0.39 is 5.03 Å². The number of aromatic nitrogens is 1. The van der Waals surface area contributed by atoms with Crippen molar-refractivity contribution < 1.29 is 5.03 Å². The summed E-state index contributed by atoms with van der Waals surface area (Å²) in [7, 11) is 0. The molecule has 0 N–H and O–H groups in total. The molecule has 0 fully saturated rings. The van der Waals surface area contributed by atoms with Crippen molar-refractivity contribution in [1.29, 1.82) is 0 Å². The molecule has 0 aliphatic heterocycles. The van der Waals surface area contributed by atoms with E-state index in [-0.39, 0.29) is 5.49 Å². The fraction of sp³-hybridized carbons (Fsp3) is 0.0833. The Morgan fingerprint density at radius 3 is 2.67 bits per heavy atom. The molecule has 0 atom stereocenters. The van der Waals surface area contributed by atoms with Crippen molar-refractivity contribution in [3.8, 4) is 0 Å². The summed E-state index contributed by atoms with van der Waals surface area (Å²) in [5.74, 6) is 0. The predicted octanol–water partition coefficient (Wildman–Crippen LogP) is 2.28. The van der Waals surface area contributed by atoms with Gasteiger partial charge in [0.2, 0.25) is 5.49 Å². The minimum Gasteiger partial charge on any atom is -0.323 e. The minimum atomic E-state index is -0.710. The molecule has 0 amide bonds. The van der Waals surface area contributed by atoms with E-state index in [1.807, 2.05) is 18.2 Å². The summed E-state index contributed by atoms with van der Waals surface area (Å²) in [5.41, 5.74) is 1.16. The Morgan fingerprint density at radius 1 is 1.22 bits per heavy atom. The van der Waals surface area contributed by atoms with Crippen LogP contribution in [0, 0.1) is 10.1 Å². The van der Waals surface area contributed by atoms with E-state index in [2.05, 4.69) is 5.10 Å². The number of hydrogen-bond acceptors (Lipinski definition) is 2. The van der Waals surface area contributed by atoms with E-state index >= 15 is 0 Å². The summed E-state index contributed by atoms with van der Waals surface area (Å²) >= 11 is 6.05. The minimum absolute atomic E-state index is 0.280. The first-order valence-electron chi connectivity index (χ1n) is 5.25. The molecule has 0 bridgehead atoms. The number of rotatable bonds is 3. The SMILES string of the molecule is O=[N+]([O-])N=c1ccccn1Cc1ccccc1Cl.